The summed E-state index contributed by atoms with van der Waals surface area (Å²) < 4.78 is 50.7. The average Bonchev–Trinajstić information content (AvgIpc) is 2.44. The Bertz CT molecular complexity index is 636. The summed E-state index contributed by atoms with van der Waals surface area (Å²) in [7, 11) is 0. The molecule has 27 heavy (non-hydrogen) atoms. The molecule has 0 spiro atoms. The first-order valence-corrected chi connectivity index (χ1v) is 8.30. The highest BCUT2D eigenvalue weighted by Gasteiger charge is 2.31. The van der Waals surface area contributed by atoms with Crippen molar-refractivity contribution in [1.82, 2.24) is 5.32 Å². The molecule has 0 saturated heterocycles. The molecule has 0 fully saturated rings. The molecule has 0 saturated carbocycles. The van der Waals surface area contributed by atoms with Crippen LogP contribution in [0.5, 0.6) is 5.75 Å². The van der Waals surface area contributed by atoms with Gasteiger partial charge in [0.15, 0.2) is 0 Å². The molecule has 6 nitrogen and oxygen atoms in total. The molecule has 152 valence electrons. The Labute approximate surface area is 156 Å². The summed E-state index contributed by atoms with van der Waals surface area (Å²) in [5.74, 6) is -1.06. The fourth-order valence-electron chi connectivity index (χ4n) is 2.02. The molecule has 0 bridgehead atoms. The van der Waals surface area contributed by atoms with Crippen molar-refractivity contribution in [1.29, 1.82) is 0 Å². The normalized spacial score (nSPS) is 13.1. The van der Waals surface area contributed by atoms with Crippen LogP contribution in [0.15, 0.2) is 24.3 Å². The third-order valence-electron chi connectivity index (χ3n) is 2.92. The molecule has 0 aliphatic heterocycles. The molecule has 1 aromatic rings. The molecule has 1 N–H and O–H groups in total. The lowest BCUT2D eigenvalue weighted by atomic mass is 10.1. The first-order chi connectivity index (χ1) is 12.2. The molecule has 0 radical (unpaired) electrons. The number of benzene rings is 1. The van der Waals surface area contributed by atoms with E-state index < -0.39 is 36.2 Å². The summed E-state index contributed by atoms with van der Waals surface area (Å²) >= 11 is 0. The number of carbonyl (C=O) groups is 2. The molecule has 0 aliphatic rings. The number of halogens is 3. The Morgan fingerprint density at radius 2 is 1.63 bits per heavy atom. The Hall–Kier alpha value is -2.45. The topological polar surface area (TPSA) is 73.9 Å². The fraction of sp³-hybridized carbons (Fsp3) is 0.556. The van der Waals surface area contributed by atoms with Crippen LogP contribution in [0.1, 0.15) is 40.2 Å². The lowest BCUT2D eigenvalue weighted by Gasteiger charge is -2.23. The maximum Gasteiger partial charge on any atom is 0.573 e. The van der Waals surface area contributed by atoms with Crippen LogP contribution in [-0.2, 0) is 20.7 Å². The smallest absolute Gasteiger partial charge is 0.461 e. The first kappa shape index (κ1) is 22.6. The second kappa shape index (κ2) is 8.96. The van der Waals surface area contributed by atoms with Gasteiger partial charge in [-0.15, -0.1) is 13.2 Å². The quantitative estimate of drug-likeness (QED) is 0.743. The van der Waals surface area contributed by atoms with Crippen LogP contribution in [0.2, 0.25) is 0 Å². The maximum absolute atomic E-state index is 12.2. The van der Waals surface area contributed by atoms with Gasteiger partial charge in [-0.25, -0.2) is 9.59 Å². The first-order valence-electron chi connectivity index (χ1n) is 8.30. The third kappa shape index (κ3) is 9.72. The SMILES string of the molecule is CC(C)OC(=O)[C@@H](Cc1ccc(OC(F)(F)F)cc1)NC(=O)OC(C)(C)C. The van der Waals surface area contributed by atoms with Crippen molar-refractivity contribution in [3.63, 3.8) is 0 Å². The van der Waals surface area contributed by atoms with E-state index >= 15 is 0 Å². The van der Waals surface area contributed by atoms with Crippen molar-refractivity contribution < 1.29 is 37.0 Å². The molecule has 0 aliphatic carbocycles. The highest BCUT2D eigenvalue weighted by atomic mass is 19.4. The van der Waals surface area contributed by atoms with Gasteiger partial charge < -0.3 is 19.5 Å². The van der Waals surface area contributed by atoms with E-state index in [1.165, 1.54) is 12.1 Å². The summed E-state index contributed by atoms with van der Waals surface area (Å²) in [5, 5.41) is 2.43. The number of alkyl halides is 3. The number of carbonyl (C=O) groups excluding carboxylic acids is 2. The predicted molar refractivity (Wildman–Crippen MR) is 91.2 cm³/mol. The number of rotatable bonds is 6. The van der Waals surface area contributed by atoms with E-state index in [0.29, 0.717) is 5.56 Å². The molecular formula is C18H24F3NO5. The minimum absolute atomic E-state index is 0.0110. The Morgan fingerprint density at radius 3 is 2.07 bits per heavy atom. The molecule has 0 aromatic heterocycles. The van der Waals surface area contributed by atoms with Crippen LogP contribution >= 0.6 is 0 Å². The highest BCUT2D eigenvalue weighted by Crippen LogP contribution is 2.23. The summed E-state index contributed by atoms with van der Waals surface area (Å²) in [6.45, 7) is 8.34. The zero-order chi connectivity index (χ0) is 20.8. The standard InChI is InChI=1S/C18H24F3NO5/c1-11(2)25-15(23)14(22-16(24)27-17(3,4)5)10-12-6-8-13(9-7-12)26-18(19,20)21/h6-9,11,14H,10H2,1-5H3,(H,22,24)/t14-/m1/s1. The zero-order valence-corrected chi connectivity index (χ0v) is 15.8. The molecule has 0 unspecified atom stereocenters. The van der Waals surface area contributed by atoms with Crippen molar-refractivity contribution >= 4 is 12.1 Å². The third-order valence-corrected chi connectivity index (χ3v) is 2.92. The van der Waals surface area contributed by atoms with E-state index in [-0.39, 0.29) is 12.2 Å². The van der Waals surface area contributed by atoms with Gasteiger partial charge in [0.25, 0.3) is 0 Å². The van der Waals surface area contributed by atoms with E-state index in [1.807, 2.05) is 0 Å². The number of nitrogens with one attached hydrogen (secondary N) is 1. The van der Waals surface area contributed by atoms with Gasteiger partial charge in [-0.1, -0.05) is 12.1 Å². The van der Waals surface area contributed by atoms with Crippen LogP contribution in [0, 0.1) is 0 Å². The van der Waals surface area contributed by atoms with Crippen LogP contribution in [0.25, 0.3) is 0 Å². The van der Waals surface area contributed by atoms with Gasteiger partial charge in [-0.3, -0.25) is 0 Å². The summed E-state index contributed by atoms with van der Waals surface area (Å²) in [6.07, 6.45) is -5.98. The van der Waals surface area contributed by atoms with Gasteiger partial charge in [0.2, 0.25) is 0 Å². The van der Waals surface area contributed by atoms with Crippen LogP contribution in [-0.4, -0.2) is 36.2 Å². The predicted octanol–water partition coefficient (Wildman–Crippen LogP) is 3.97. The van der Waals surface area contributed by atoms with E-state index in [1.54, 1.807) is 34.6 Å². The second-order valence-corrected chi connectivity index (χ2v) is 7.08. The Morgan fingerprint density at radius 1 is 1.07 bits per heavy atom. The zero-order valence-electron chi connectivity index (χ0n) is 15.8. The monoisotopic (exact) mass is 391 g/mol. The van der Waals surface area contributed by atoms with Gasteiger partial charge >= 0.3 is 18.4 Å². The van der Waals surface area contributed by atoms with Crippen molar-refractivity contribution in [2.75, 3.05) is 0 Å². The largest absolute Gasteiger partial charge is 0.573 e. The maximum atomic E-state index is 12.2. The molecule has 1 amide bonds. The Kier molecular flexibility index (Phi) is 7.50. The van der Waals surface area contributed by atoms with Crippen LogP contribution in [0.3, 0.4) is 0 Å². The van der Waals surface area contributed by atoms with E-state index in [4.69, 9.17) is 9.47 Å². The number of alkyl carbamates (subject to hydrolysis) is 1. The molecule has 1 aromatic carbocycles. The molecule has 0 heterocycles. The summed E-state index contributed by atoms with van der Waals surface area (Å²) in [5.41, 5.74) is -0.251. The van der Waals surface area contributed by atoms with E-state index in [0.717, 1.165) is 12.1 Å². The van der Waals surface area contributed by atoms with Crippen LogP contribution < -0.4 is 10.1 Å². The number of hydrogen-bond acceptors (Lipinski definition) is 5. The van der Waals surface area contributed by atoms with Crippen molar-refractivity contribution in [3.05, 3.63) is 29.8 Å². The highest BCUT2D eigenvalue weighted by molar-refractivity contribution is 5.81. The van der Waals surface area contributed by atoms with Gasteiger partial charge in [0.1, 0.15) is 17.4 Å². The summed E-state index contributed by atoms with van der Waals surface area (Å²) in [4.78, 5) is 24.2. The van der Waals surface area contributed by atoms with Crippen molar-refractivity contribution in [2.24, 2.45) is 0 Å². The average molecular weight is 391 g/mol. The number of hydrogen-bond donors (Lipinski definition) is 1. The van der Waals surface area contributed by atoms with Gasteiger partial charge in [0, 0.05) is 6.42 Å². The van der Waals surface area contributed by atoms with E-state index in [9.17, 15) is 22.8 Å². The Balaban J connectivity index is 2.86. The number of esters is 1. The molecular weight excluding hydrogens is 367 g/mol. The van der Waals surface area contributed by atoms with E-state index in [2.05, 4.69) is 10.1 Å². The van der Waals surface area contributed by atoms with Crippen molar-refractivity contribution in [3.8, 4) is 5.75 Å². The summed E-state index contributed by atoms with van der Waals surface area (Å²) in [6, 6.07) is 3.93. The molecule has 1 atom stereocenters. The second-order valence-electron chi connectivity index (χ2n) is 7.08. The minimum Gasteiger partial charge on any atom is -0.461 e. The van der Waals surface area contributed by atoms with Gasteiger partial charge in [-0.2, -0.15) is 0 Å². The van der Waals surface area contributed by atoms with Gasteiger partial charge in [-0.05, 0) is 52.3 Å². The van der Waals surface area contributed by atoms with Crippen LogP contribution in [0.4, 0.5) is 18.0 Å². The minimum atomic E-state index is -4.79. The lowest BCUT2D eigenvalue weighted by molar-refractivity contribution is -0.274. The van der Waals surface area contributed by atoms with Gasteiger partial charge in [0.05, 0.1) is 6.10 Å². The number of ether oxygens (including phenoxy) is 3. The molecule has 9 heteroatoms. The number of amides is 1. The lowest BCUT2D eigenvalue weighted by Crippen LogP contribution is -2.46. The molecule has 1 rings (SSSR count). The fourth-order valence-corrected chi connectivity index (χ4v) is 2.02. The van der Waals surface area contributed by atoms with Crippen molar-refractivity contribution in [2.45, 2.75) is 65.1 Å².